The first-order valence-corrected chi connectivity index (χ1v) is 10.2. The van der Waals surface area contributed by atoms with Crippen LogP contribution in [-0.2, 0) is 9.59 Å². The number of carbonyl (C=O) groups excluding carboxylic acids is 2. The summed E-state index contributed by atoms with van der Waals surface area (Å²) in [5.41, 5.74) is 7.28. The van der Waals surface area contributed by atoms with Gasteiger partial charge in [0.25, 0.3) is 11.8 Å². The largest absolute Gasteiger partial charge is 0.467 e. The van der Waals surface area contributed by atoms with Crippen molar-refractivity contribution < 1.29 is 18.9 Å². The highest BCUT2D eigenvalue weighted by Crippen LogP contribution is 2.33. The molecule has 7 nitrogen and oxygen atoms in total. The quantitative estimate of drug-likeness (QED) is 0.775. The Kier molecular flexibility index (Phi) is 5.69. The number of amides is 2. The summed E-state index contributed by atoms with van der Waals surface area (Å²) < 4.78 is 5.58. The summed E-state index contributed by atoms with van der Waals surface area (Å²) in [5.74, 6) is 0.200. The molecule has 0 radical (unpaired) electrons. The first-order valence-electron chi connectivity index (χ1n) is 9.85. The minimum Gasteiger partial charge on any atom is -0.467 e. The fourth-order valence-corrected chi connectivity index (χ4v) is 4.29. The molecule has 152 valence electrons. The molecular formula is C21H24ClN4O3+. The molecule has 0 bridgehead atoms. The third-order valence-corrected chi connectivity index (χ3v) is 5.92. The number of carbonyl (C=O) groups is 2. The lowest BCUT2D eigenvalue weighted by atomic mass is 10.0. The molecular weight excluding hydrogens is 392 g/mol. The van der Waals surface area contributed by atoms with E-state index in [2.05, 4.69) is 5.10 Å². The number of primary amides is 1. The SMILES string of the molecule is NC(=O)[C@H]1CCCC[NH+]1CC(=O)N1N=C(c2ccc(Cl)cc2)C[C@H]1c1ccco1. The smallest absolute Gasteiger partial charge is 0.298 e. The van der Waals surface area contributed by atoms with E-state index in [1.165, 1.54) is 5.01 Å². The third-order valence-electron chi connectivity index (χ3n) is 5.67. The van der Waals surface area contributed by atoms with Crippen LogP contribution < -0.4 is 10.6 Å². The van der Waals surface area contributed by atoms with Crippen molar-refractivity contribution in [3.05, 3.63) is 59.0 Å². The summed E-state index contributed by atoms with van der Waals surface area (Å²) in [6.07, 6.45) is 4.81. The van der Waals surface area contributed by atoms with Crippen LogP contribution in [-0.4, -0.2) is 41.7 Å². The van der Waals surface area contributed by atoms with Crippen LogP contribution >= 0.6 is 11.6 Å². The number of quaternary nitrogens is 1. The van der Waals surface area contributed by atoms with Gasteiger partial charge in [-0.2, -0.15) is 5.10 Å². The second kappa shape index (κ2) is 8.39. The number of benzene rings is 1. The molecule has 2 aromatic rings. The van der Waals surface area contributed by atoms with E-state index >= 15 is 0 Å². The molecule has 1 saturated heterocycles. The Bertz CT molecular complexity index is 911. The number of nitrogens with zero attached hydrogens (tertiary/aromatic N) is 2. The lowest BCUT2D eigenvalue weighted by molar-refractivity contribution is -0.913. The number of nitrogens with two attached hydrogens (primary N) is 1. The molecule has 3 N–H and O–H groups in total. The number of likely N-dealkylation sites (tertiary alicyclic amines) is 1. The number of furan rings is 1. The second-order valence-corrected chi connectivity index (χ2v) is 8.00. The minimum absolute atomic E-state index is 0.140. The molecule has 2 aliphatic rings. The summed E-state index contributed by atoms with van der Waals surface area (Å²) in [4.78, 5) is 25.9. The summed E-state index contributed by atoms with van der Waals surface area (Å²) in [6.45, 7) is 0.939. The lowest BCUT2D eigenvalue weighted by Gasteiger charge is -2.31. The minimum atomic E-state index is -0.345. The average molecular weight is 416 g/mol. The summed E-state index contributed by atoms with van der Waals surface area (Å²) >= 11 is 6.00. The third kappa shape index (κ3) is 4.21. The molecule has 0 aliphatic carbocycles. The van der Waals surface area contributed by atoms with Crippen LogP contribution in [0.25, 0.3) is 0 Å². The van der Waals surface area contributed by atoms with Gasteiger partial charge in [0.15, 0.2) is 12.6 Å². The van der Waals surface area contributed by atoms with Crippen LogP contribution in [0.1, 0.15) is 43.0 Å². The summed E-state index contributed by atoms with van der Waals surface area (Å²) in [6, 6.07) is 10.4. The maximum atomic E-state index is 13.2. The maximum absolute atomic E-state index is 13.2. The van der Waals surface area contributed by atoms with E-state index in [0.717, 1.165) is 42.0 Å². The van der Waals surface area contributed by atoms with Gasteiger partial charge in [0, 0.05) is 17.9 Å². The van der Waals surface area contributed by atoms with Gasteiger partial charge in [-0.05, 0) is 42.7 Å². The molecule has 4 rings (SSSR count). The fraction of sp³-hybridized carbons (Fsp3) is 0.381. The van der Waals surface area contributed by atoms with Crippen molar-refractivity contribution in [3.8, 4) is 0 Å². The Hall–Kier alpha value is -2.64. The van der Waals surface area contributed by atoms with Crippen LogP contribution in [0.15, 0.2) is 52.2 Å². The highest BCUT2D eigenvalue weighted by atomic mass is 35.5. The zero-order chi connectivity index (χ0) is 20.4. The lowest BCUT2D eigenvalue weighted by Crippen LogP contribution is -3.18. The fourth-order valence-electron chi connectivity index (χ4n) is 4.17. The van der Waals surface area contributed by atoms with E-state index in [-0.39, 0.29) is 30.4 Å². The van der Waals surface area contributed by atoms with Crippen LogP contribution in [0.2, 0.25) is 5.02 Å². The first-order chi connectivity index (χ1) is 14.0. The monoisotopic (exact) mass is 415 g/mol. The molecule has 2 aliphatic heterocycles. The van der Waals surface area contributed by atoms with Crippen LogP contribution in [0.4, 0.5) is 0 Å². The van der Waals surface area contributed by atoms with Crippen LogP contribution in [0.3, 0.4) is 0 Å². The first kappa shape index (κ1) is 19.7. The van der Waals surface area contributed by atoms with E-state index in [1.54, 1.807) is 24.5 Å². The molecule has 29 heavy (non-hydrogen) atoms. The van der Waals surface area contributed by atoms with E-state index < -0.39 is 0 Å². The van der Waals surface area contributed by atoms with Gasteiger partial charge in [0.1, 0.15) is 11.8 Å². The second-order valence-electron chi connectivity index (χ2n) is 7.56. The Morgan fingerprint density at radius 2 is 2.03 bits per heavy atom. The van der Waals surface area contributed by atoms with Crippen molar-refractivity contribution in [3.63, 3.8) is 0 Å². The van der Waals surface area contributed by atoms with Gasteiger partial charge < -0.3 is 15.1 Å². The van der Waals surface area contributed by atoms with Gasteiger partial charge in [-0.25, -0.2) is 5.01 Å². The van der Waals surface area contributed by atoms with E-state index in [4.69, 9.17) is 21.8 Å². The number of piperidine rings is 1. The number of hydrazone groups is 1. The number of hydrogen-bond donors (Lipinski definition) is 2. The molecule has 0 spiro atoms. The van der Waals surface area contributed by atoms with Gasteiger partial charge in [0.05, 0.1) is 18.5 Å². The van der Waals surface area contributed by atoms with Crippen LogP contribution in [0, 0.1) is 0 Å². The van der Waals surface area contributed by atoms with Crippen LogP contribution in [0.5, 0.6) is 0 Å². The Balaban J connectivity index is 1.58. The Labute approximate surface area is 174 Å². The van der Waals surface area contributed by atoms with Gasteiger partial charge in [-0.15, -0.1) is 0 Å². The van der Waals surface area contributed by atoms with Gasteiger partial charge in [-0.1, -0.05) is 23.7 Å². The van der Waals surface area contributed by atoms with Crippen molar-refractivity contribution in [2.75, 3.05) is 13.1 Å². The standard InChI is InChI=1S/C21H23ClN4O3/c22-15-8-6-14(7-9-15)16-12-18(19-5-3-11-29-19)26(24-16)20(27)13-25-10-2-1-4-17(25)21(23)28/h3,5-9,11,17-18H,1-2,4,10,12-13H2,(H2,23,28)/p+1/t17-,18+/m1/s1. The number of hydrogen-bond acceptors (Lipinski definition) is 4. The predicted molar refractivity (Wildman–Crippen MR) is 108 cm³/mol. The predicted octanol–water partition coefficient (Wildman–Crippen LogP) is 1.53. The molecule has 1 aromatic heterocycles. The molecule has 1 aromatic carbocycles. The van der Waals surface area contributed by atoms with Crippen molar-refractivity contribution in [1.82, 2.24) is 5.01 Å². The van der Waals surface area contributed by atoms with E-state index in [9.17, 15) is 9.59 Å². The molecule has 3 atom stereocenters. The zero-order valence-corrected chi connectivity index (χ0v) is 16.8. The van der Waals surface area contributed by atoms with Crippen molar-refractivity contribution in [2.24, 2.45) is 10.8 Å². The molecule has 1 fully saturated rings. The molecule has 3 heterocycles. The average Bonchev–Trinajstić information content (AvgIpc) is 3.38. The number of nitrogens with one attached hydrogen (secondary N) is 1. The highest BCUT2D eigenvalue weighted by Gasteiger charge is 2.39. The topological polar surface area (TPSA) is 93.3 Å². The molecule has 1 unspecified atom stereocenters. The van der Waals surface area contributed by atoms with Gasteiger partial charge >= 0.3 is 0 Å². The Morgan fingerprint density at radius 1 is 1.24 bits per heavy atom. The summed E-state index contributed by atoms with van der Waals surface area (Å²) in [7, 11) is 0. The van der Waals surface area contributed by atoms with Gasteiger partial charge in [0.2, 0.25) is 0 Å². The highest BCUT2D eigenvalue weighted by molar-refractivity contribution is 6.30. The number of rotatable bonds is 5. The Morgan fingerprint density at radius 3 is 2.72 bits per heavy atom. The normalized spacial score (nSPS) is 24.4. The van der Waals surface area contributed by atoms with E-state index in [1.807, 2.05) is 18.2 Å². The van der Waals surface area contributed by atoms with Gasteiger partial charge in [-0.3, -0.25) is 9.59 Å². The molecule has 8 heteroatoms. The van der Waals surface area contributed by atoms with Crippen molar-refractivity contribution in [2.45, 2.75) is 37.8 Å². The molecule has 0 saturated carbocycles. The maximum Gasteiger partial charge on any atom is 0.298 e. The summed E-state index contributed by atoms with van der Waals surface area (Å²) in [5, 5.41) is 6.78. The van der Waals surface area contributed by atoms with E-state index in [0.29, 0.717) is 17.2 Å². The molecule has 2 amide bonds. The van der Waals surface area contributed by atoms with Crippen molar-refractivity contribution in [1.29, 1.82) is 0 Å². The number of halogens is 1. The van der Waals surface area contributed by atoms with Crippen molar-refractivity contribution >= 4 is 29.1 Å². The zero-order valence-electron chi connectivity index (χ0n) is 16.0.